The third-order valence-electron chi connectivity index (χ3n) is 4.66. The van der Waals surface area contributed by atoms with E-state index < -0.39 is 0 Å². The number of carbonyl (C=O) groups excluding carboxylic acids is 1. The zero-order valence-corrected chi connectivity index (χ0v) is 12.9. The zero-order chi connectivity index (χ0) is 13.6. The van der Waals surface area contributed by atoms with Gasteiger partial charge in [0, 0.05) is 26.2 Å². The van der Waals surface area contributed by atoms with Crippen molar-refractivity contribution in [1.82, 2.24) is 14.7 Å². The Hall–Kier alpha value is -1.07. The summed E-state index contributed by atoms with van der Waals surface area (Å²) in [7, 11) is 1.83. The van der Waals surface area contributed by atoms with E-state index in [1.54, 1.807) is 4.68 Å². The highest BCUT2D eigenvalue weighted by Crippen LogP contribution is 2.36. The predicted molar refractivity (Wildman–Crippen MR) is 79.9 cm³/mol. The van der Waals surface area contributed by atoms with Crippen molar-refractivity contribution in [2.24, 2.45) is 24.6 Å². The number of hydrogen-bond acceptors (Lipinski definition) is 3. The SMILES string of the molecule is Cc1cc(C(=O)N2CC3CCCC(N)C3C2)n(C)n1.Cl. The molecule has 0 radical (unpaired) electrons. The van der Waals surface area contributed by atoms with Crippen LogP contribution in [0.25, 0.3) is 0 Å². The van der Waals surface area contributed by atoms with Crippen molar-refractivity contribution < 1.29 is 4.79 Å². The monoisotopic (exact) mass is 298 g/mol. The molecule has 0 bridgehead atoms. The van der Waals surface area contributed by atoms with Gasteiger partial charge in [-0.1, -0.05) is 6.42 Å². The van der Waals surface area contributed by atoms with Gasteiger partial charge >= 0.3 is 0 Å². The molecular weight excluding hydrogens is 276 g/mol. The smallest absolute Gasteiger partial charge is 0.272 e. The number of likely N-dealkylation sites (tertiary alicyclic amines) is 1. The van der Waals surface area contributed by atoms with Crippen LogP contribution in [0.5, 0.6) is 0 Å². The first-order valence-electron chi connectivity index (χ1n) is 7.11. The molecule has 1 saturated carbocycles. The van der Waals surface area contributed by atoms with Crippen LogP contribution in [0.1, 0.15) is 35.4 Å². The number of rotatable bonds is 1. The number of fused-ring (bicyclic) bond motifs is 1. The molecule has 2 aliphatic rings. The van der Waals surface area contributed by atoms with Crippen LogP contribution in [0.2, 0.25) is 0 Å². The molecule has 3 atom stereocenters. The van der Waals surface area contributed by atoms with E-state index in [-0.39, 0.29) is 24.4 Å². The first-order chi connectivity index (χ1) is 9.06. The van der Waals surface area contributed by atoms with E-state index in [1.807, 2.05) is 24.9 Å². The fraction of sp³-hybridized carbons (Fsp3) is 0.714. The van der Waals surface area contributed by atoms with Gasteiger partial charge < -0.3 is 10.6 Å². The minimum Gasteiger partial charge on any atom is -0.337 e. The Morgan fingerprint density at radius 3 is 2.75 bits per heavy atom. The van der Waals surface area contributed by atoms with E-state index in [9.17, 15) is 4.79 Å². The Morgan fingerprint density at radius 2 is 2.15 bits per heavy atom. The quantitative estimate of drug-likeness (QED) is 0.851. The maximum atomic E-state index is 12.6. The molecule has 1 aliphatic carbocycles. The molecule has 1 amide bonds. The number of aromatic nitrogens is 2. The highest BCUT2D eigenvalue weighted by atomic mass is 35.5. The Balaban J connectivity index is 0.00000147. The van der Waals surface area contributed by atoms with Gasteiger partial charge in [0.25, 0.3) is 5.91 Å². The molecule has 1 saturated heterocycles. The van der Waals surface area contributed by atoms with Crippen LogP contribution in [0.15, 0.2) is 6.07 Å². The number of carbonyl (C=O) groups is 1. The molecular formula is C14H23ClN4O. The van der Waals surface area contributed by atoms with E-state index >= 15 is 0 Å². The Kier molecular flexibility index (Phi) is 4.39. The number of halogens is 1. The number of nitrogens with two attached hydrogens (primary N) is 1. The molecule has 3 unspecified atom stereocenters. The topological polar surface area (TPSA) is 64.2 Å². The third kappa shape index (κ3) is 2.56. The lowest BCUT2D eigenvalue weighted by Crippen LogP contribution is -2.38. The molecule has 0 spiro atoms. The maximum Gasteiger partial charge on any atom is 0.272 e. The number of amides is 1. The number of nitrogens with zero attached hydrogens (tertiary/aromatic N) is 3. The van der Waals surface area contributed by atoms with Crippen LogP contribution in [0, 0.1) is 18.8 Å². The van der Waals surface area contributed by atoms with Gasteiger partial charge in [0.2, 0.25) is 0 Å². The highest BCUT2D eigenvalue weighted by Gasteiger charge is 2.40. The summed E-state index contributed by atoms with van der Waals surface area (Å²) in [6, 6.07) is 2.13. The van der Waals surface area contributed by atoms with E-state index in [4.69, 9.17) is 5.73 Å². The second-order valence-corrected chi connectivity index (χ2v) is 6.02. The van der Waals surface area contributed by atoms with Crippen LogP contribution in [0.3, 0.4) is 0 Å². The van der Waals surface area contributed by atoms with Crippen molar-refractivity contribution in [1.29, 1.82) is 0 Å². The summed E-state index contributed by atoms with van der Waals surface area (Å²) >= 11 is 0. The summed E-state index contributed by atoms with van der Waals surface area (Å²) in [6.07, 6.45) is 3.52. The van der Waals surface area contributed by atoms with Crippen LogP contribution in [-0.4, -0.2) is 39.7 Å². The van der Waals surface area contributed by atoms with Crippen LogP contribution in [-0.2, 0) is 7.05 Å². The molecule has 2 heterocycles. The van der Waals surface area contributed by atoms with Crippen molar-refractivity contribution >= 4 is 18.3 Å². The van der Waals surface area contributed by atoms with Crippen molar-refractivity contribution in [3.63, 3.8) is 0 Å². The normalized spacial score (nSPS) is 28.9. The minimum atomic E-state index is 0. The van der Waals surface area contributed by atoms with Crippen LogP contribution >= 0.6 is 12.4 Å². The molecule has 1 aliphatic heterocycles. The summed E-state index contributed by atoms with van der Waals surface area (Å²) in [5.41, 5.74) is 7.77. The molecule has 3 rings (SSSR count). The second-order valence-electron chi connectivity index (χ2n) is 6.02. The predicted octanol–water partition coefficient (Wildman–Crippen LogP) is 1.35. The number of aryl methyl sites for hydroxylation is 2. The van der Waals surface area contributed by atoms with Crippen molar-refractivity contribution in [3.8, 4) is 0 Å². The Labute approximate surface area is 125 Å². The average Bonchev–Trinajstić information content (AvgIpc) is 2.93. The zero-order valence-electron chi connectivity index (χ0n) is 12.1. The first-order valence-corrected chi connectivity index (χ1v) is 7.11. The number of hydrogen-bond donors (Lipinski definition) is 1. The Morgan fingerprint density at radius 1 is 1.40 bits per heavy atom. The summed E-state index contributed by atoms with van der Waals surface area (Å²) in [6.45, 7) is 3.59. The fourth-order valence-corrected chi connectivity index (χ4v) is 3.66. The molecule has 20 heavy (non-hydrogen) atoms. The molecule has 112 valence electrons. The van der Waals surface area contributed by atoms with E-state index in [2.05, 4.69) is 5.10 Å². The molecule has 1 aromatic rings. The minimum absolute atomic E-state index is 0. The molecule has 0 aromatic carbocycles. The third-order valence-corrected chi connectivity index (χ3v) is 4.66. The average molecular weight is 299 g/mol. The summed E-state index contributed by atoms with van der Waals surface area (Å²) in [5, 5.41) is 4.25. The summed E-state index contributed by atoms with van der Waals surface area (Å²) in [5.74, 6) is 1.19. The van der Waals surface area contributed by atoms with Gasteiger partial charge in [-0.05, 0) is 37.7 Å². The van der Waals surface area contributed by atoms with Gasteiger partial charge in [0.1, 0.15) is 5.69 Å². The van der Waals surface area contributed by atoms with Crippen LogP contribution < -0.4 is 5.73 Å². The molecule has 6 heteroatoms. The highest BCUT2D eigenvalue weighted by molar-refractivity contribution is 5.93. The van der Waals surface area contributed by atoms with E-state index in [0.717, 1.165) is 25.2 Å². The lowest BCUT2D eigenvalue weighted by molar-refractivity contribution is 0.0772. The van der Waals surface area contributed by atoms with Gasteiger partial charge in [0.05, 0.1) is 5.69 Å². The van der Waals surface area contributed by atoms with Gasteiger partial charge in [-0.25, -0.2) is 0 Å². The molecule has 5 nitrogen and oxygen atoms in total. The van der Waals surface area contributed by atoms with Crippen molar-refractivity contribution in [2.75, 3.05) is 13.1 Å². The van der Waals surface area contributed by atoms with Crippen LogP contribution in [0.4, 0.5) is 0 Å². The standard InChI is InChI=1S/C14H22N4O.ClH/c1-9-6-13(17(2)16-9)14(19)18-7-10-4-3-5-12(15)11(10)8-18;/h6,10-12H,3-5,7-8,15H2,1-2H3;1H. The van der Waals surface area contributed by atoms with E-state index in [1.165, 1.54) is 12.8 Å². The van der Waals surface area contributed by atoms with Gasteiger partial charge in [-0.2, -0.15) is 5.10 Å². The maximum absolute atomic E-state index is 12.6. The summed E-state index contributed by atoms with van der Waals surface area (Å²) < 4.78 is 1.68. The Bertz CT molecular complexity index is 501. The fourth-order valence-electron chi connectivity index (χ4n) is 3.66. The molecule has 1 aromatic heterocycles. The molecule has 2 fully saturated rings. The van der Waals surface area contributed by atoms with Gasteiger partial charge in [-0.3, -0.25) is 9.48 Å². The van der Waals surface area contributed by atoms with Crippen molar-refractivity contribution in [3.05, 3.63) is 17.5 Å². The lowest BCUT2D eigenvalue weighted by atomic mass is 9.78. The van der Waals surface area contributed by atoms with Gasteiger partial charge in [0.15, 0.2) is 0 Å². The largest absolute Gasteiger partial charge is 0.337 e. The first kappa shape index (κ1) is 15.3. The van der Waals surface area contributed by atoms with Crippen molar-refractivity contribution in [2.45, 2.75) is 32.2 Å². The van der Waals surface area contributed by atoms with Gasteiger partial charge in [-0.15, -0.1) is 12.4 Å². The van der Waals surface area contributed by atoms with E-state index in [0.29, 0.717) is 17.5 Å². The second kappa shape index (κ2) is 5.74. The molecule has 2 N–H and O–H groups in total. The summed E-state index contributed by atoms with van der Waals surface area (Å²) in [4.78, 5) is 14.5. The lowest BCUT2D eigenvalue weighted by Gasteiger charge is -2.29.